The van der Waals surface area contributed by atoms with Crippen molar-refractivity contribution in [2.45, 2.75) is 70.5 Å². The largest absolute Gasteiger partial charge is 0.365 e. The fourth-order valence-corrected chi connectivity index (χ4v) is 4.15. The summed E-state index contributed by atoms with van der Waals surface area (Å²) in [6.07, 6.45) is 7.81. The Bertz CT molecular complexity index is 429. The minimum atomic E-state index is 0.748. The minimum Gasteiger partial charge on any atom is -0.365 e. The lowest BCUT2D eigenvalue weighted by Gasteiger charge is -2.41. The maximum Gasteiger partial charge on any atom is 0.0403 e. The molecule has 0 spiro atoms. The van der Waals surface area contributed by atoms with E-state index >= 15 is 0 Å². The molecule has 2 saturated heterocycles. The van der Waals surface area contributed by atoms with Crippen LogP contribution in [0.2, 0.25) is 0 Å². The smallest absolute Gasteiger partial charge is 0.0403 e. The third kappa shape index (κ3) is 2.58. The molecule has 2 atom stereocenters. The van der Waals surface area contributed by atoms with Crippen LogP contribution in [0.25, 0.3) is 0 Å². The van der Waals surface area contributed by atoms with E-state index in [0.29, 0.717) is 0 Å². The lowest BCUT2D eigenvalue weighted by atomic mass is 9.95. The van der Waals surface area contributed by atoms with E-state index in [9.17, 15) is 0 Å². The number of fused-ring (bicyclic) bond motifs is 2. The van der Waals surface area contributed by atoms with Gasteiger partial charge in [0.1, 0.15) is 0 Å². The summed E-state index contributed by atoms with van der Waals surface area (Å²) in [4.78, 5) is 2.75. The molecule has 0 aromatic heterocycles. The molecule has 1 N–H and O–H groups in total. The summed E-state index contributed by atoms with van der Waals surface area (Å²) in [7, 11) is 0. The first-order chi connectivity index (χ1) is 9.83. The molecule has 0 radical (unpaired) electrons. The Balaban J connectivity index is 1.77. The number of aryl methyl sites for hydroxylation is 1. The van der Waals surface area contributed by atoms with Gasteiger partial charge in [-0.05, 0) is 56.7 Å². The highest BCUT2D eigenvalue weighted by Crippen LogP contribution is 2.40. The fourth-order valence-electron chi connectivity index (χ4n) is 4.15. The molecule has 2 heteroatoms. The molecule has 2 heterocycles. The third-order valence-corrected chi connectivity index (χ3v) is 5.07. The van der Waals surface area contributed by atoms with Gasteiger partial charge in [0.25, 0.3) is 0 Å². The normalized spacial score (nSPS) is 28.9. The number of benzene rings is 1. The van der Waals surface area contributed by atoms with Crippen molar-refractivity contribution in [1.29, 1.82) is 0 Å². The second kappa shape index (κ2) is 6.17. The molecule has 3 rings (SSSR count). The second-order valence-corrected chi connectivity index (χ2v) is 6.40. The van der Waals surface area contributed by atoms with Gasteiger partial charge >= 0.3 is 0 Å². The van der Waals surface area contributed by atoms with Gasteiger partial charge < -0.3 is 10.2 Å². The first-order valence-electron chi connectivity index (χ1n) is 8.43. The summed E-state index contributed by atoms with van der Waals surface area (Å²) >= 11 is 0. The van der Waals surface area contributed by atoms with Gasteiger partial charge in [-0.15, -0.1) is 0 Å². The Kier molecular flexibility index (Phi) is 4.30. The summed E-state index contributed by atoms with van der Waals surface area (Å²) in [5.74, 6) is 0. The monoisotopic (exact) mass is 272 g/mol. The summed E-state index contributed by atoms with van der Waals surface area (Å²) < 4.78 is 0. The van der Waals surface area contributed by atoms with Crippen molar-refractivity contribution in [3.8, 4) is 0 Å². The maximum absolute atomic E-state index is 3.75. The van der Waals surface area contributed by atoms with E-state index in [1.807, 2.05) is 0 Å². The number of nitrogens with one attached hydrogen (secondary N) is 1. The van der Waals surface area contributed by atoms with Gasteiger partial charge in [-0.25, -0.2) is 0 Å². The van der Waals surface area contributed by atoms with E-state index in [4.69, 9.17) is 0 Å². The van der Waals surface area contributed by atoms with Gasteiger partial charge in [0, 0.05) is 23.8 Å². The molecule has 1 aromatic rings. The van der Waals surface area contributed by atoms with Gasteiger partial charge in [0.05, 0.1) is 0 Å². The number of piperidine rings is 1. The van der Waals surface area contributed by atoms with Crippen molar-refractivity contribution < 1.29 is 0 Å². The fraction of sp³-hybridized carbons (Fsp3) is 0.667. The number of nitrogens with zero attached hydrogens (tertiary/aromatic N) is 1. The van der Waals surface area contributed by atoms with Crippen LogP contribution >= 0.6 is 0 Å². The van der Waals surface area contributed by atoms with Crippen molar-refractivity contribution in [1.82, 2.24) is 5.32 Å². The zero-order valence-electron chi connectivity index (χ0n) is 12.9. The third-order valence-electron chi connectivity index (χ3n) is 5.07. The van der Waals surface area contributed by atoms with Crippen molar-refractivity contribution in [2.75, 3.05) is 11.4 Å². The second-order valence-electron chi connectivity index (χ2n) is 6.40. The molecule has 2 unspecified atom stereocenters. The molecule has 0 amide bonds. The van der Waals surface area contributed by atoms with Crippen molar-refractivity contribution in [3.05, 3.63) is 29.8 Å². The molecule has 2 bridgehead atoms. The number of rotatable bonds is 5. The van der Waals surface area contributed by atoms with Gasteiger partial charge in [-0.2, -0.15) is 0 Å². The van der Waals surface area contributed by atoms with Crippen molar-refractivity contribution in [3.63, 3.8) is 0 Å². The topological polar surface area (TPSA) is 15.3 Å². The Morgan fingerprint density at radius 1 is 1.10 bits per heavy atom. The first kappa shape index (κ1) is 13.9. The van der Waals surface area contributed by atoms with E-state index in [1.54, 1.807) is 0 Å². The van der Waals surface area contributed by atoms with E-state index in [2.05, 4.69) is 48.3 Å². The van der Waals surface area contributed by atoms with Crippen molar-refractivity contribution >= 4 is 5.69 Å². The summed E-state index contributed by atoms with van der Waals surface area (Å²) in [6, 6.07) is 11.3. The van der Waals surface area contributed by atoms with Crippen LogP contribution in [0.4, 0.5) is 5.69 Å². The molecule has 20 heavy (non-hydrogen) atoms. The zero-order valence-corrected chi connectivity index (χ0v) is 12.9. The van der Waals surface area contributed by atoms with Crippen LogP contribution in [-0.2, 0) is 6.42 Å². The van der Waals surface area contributed by atoms with Crippen LogP contribution in [-0.4, -0.2) is 24.7 Å². The molecule has 2 nitrogen and oxygen atoms in total. The minimum absolute atomic E-state index is 0.748. The summed E-state index contributed by atoms with van der Waals surface area (Å²) in [5, 5.41) is 3.75. The van der Waals surface area contributed by atoms with Crippen LogP contribution in [0, 0.1) is 0 Å². The first-order valence-corrected chi connectivity index (χ1v) is 8.43. The predicted molar refractivity (Wildman–Crippen MR) is 86.4 cm³/mol. The van der Waals surface area contributed by atoms with Gasteiger partial charge in [0.2, 0.25) is 0 Å². The lowest BCUT2D eigenvalue weighted by Crippen LogP contribution is -2.49. The highest BCUT2D eigenvalue weighted by Gasteiger charge is 2.40. The average Bonchev–Trinajstić information content (AvgIpc) is 2.75. The number of para-hydroxylation sites is 1. The van der Waals surface area contributed by atoms with Gasteiger partial charge in [-0.3, -0.25) is 0 Å². The molecule has 2 aliphatic heterocycles. The standard InChI is InChI=1S/C18H28N2/c1-3-11-19-15-12-16-9-10-17(13-15)20(16)18-8-6-5-7-14(18)4-2/h5-8,15-17,19H,3-4,9-13H2,1-2H3. The number of hydrogen-bond acceptors (Lipinski definition) is 2. The molecule has 0 aliphatic carbocycles. The Labute approximate surface area is 123 Å². The molecule has 2 aliphatic rings. The molecule has 2 fully saturated rings. The molecule has 1 aromatic carbocycles. The zero-order chi connectivity index (χ0) is 13.9. The van der Waals surface area contributed by atoms with E-state index in [1.165, 1.54) is 49.9 Å². The molecular weight excluding hydrogens is 244 g/mol. The predicted octanol–water partition coefficient (Wildman–Crippen LogP) is 3.75. The Morgan fingerprint density at radius 3 is 2.45 bits per heavy atom. The maximum atomic E-state index is 3.75. The molecular formula is C18H28N2. The quantitative estimate of drug-likeness (QED) is 0.878. The SMILES string of the molecule is CCCNC1CC2CCC(C1)N2c1ccccc1CC. The van der Waals surface area contributed by atoms with Crippen LogP contribution in [0.5, 0.6) is 0 Å². The van der Waals surface area contributed by atoms with Gasteiger partial charge in [-0.1, -0.05) is 32.0 Å². The Morgan fingerprint density at radius 2 is 1.80 bits per heavy atom. The van der Waals surface area contributed by atoms with Crippen LogP contribution in [0.3, 0.4) is 0 Å². The summed E-state index contributed by atoms with van der Waals surface area (Å²) in [6.45, 7) is 5.71. The van der Waals surface area contributed by atoms with E-state index in [-0.39, 0.29) is 0 Å². The van der Waals surface area contributed by atoms with Crippen LogP contribution in [0.1, 0.15) is 51.5 Å². The summed E-state index contributed by atoms with van der Waals surface area (Å²) in [5.41, 5.74) is 3.03. The number of anilines is 1. The average molecular weight is 272 g/mol. The van der Waals surface area contributed by atoms with Crippen molar-refractivity contribution in [2.24, 2.45) is 0 Å². The lowest BCUT2D eigenvalue weighted by molar-refractivity contribution is 0.356. The van der Waals surface area contributed by atoms with E-state index < -0.39 is 0 Å². The van der Waals surface area contributed by atoms with Crippen LogP contribution < -0.4 is 10.2 Å². The van der Waals surface area contributed by atoms with Gasteiger partial charge in [0.15, 0.2) is 0 Å². The number of hydrogen-bond donors (Lipinski definition) is 1. The van der Waals surface area contributed by atoms with E-state index in [0.717, 1.165) is 24.5 Å². The highest BCUT2D eigenvalue weighted by atomic mass is 15.2. The highest BCUT2D eigenvalue weighted by molar-refractivity contribution is 5.56. The molecule has 110 valence electrons. The Hall–Kier alpha value is -1.02. The van der Waals surface area contributed by atoms with Crippen LogP contribution in [0.15, 0.2) is 24.3 Å². The molecule has 0 saturated carbocycles.